The zero-order valence-electron chi connectivity index (χ0n) is 14.0. The molecule has 0 atom stereocenters. The van der Waals surface area contributed by atoms with Gasteiger partial charge in [-0.25, -0.2) is 4.98 Å². The molecule has 3 rings (SSSR count). The first-order valence-corrected chi connectivity index (χ1v) is 8.14. The first-order chi connectivity index (χ1) is 11.9. The molecule has 25 heavy (non-hydrogen) atoms. The standard InChI is InChI=1S/C19H20F3N3/c1-24(13-18-23-10-12-25(18)14-19(20,21)22)11-9-16-7-4-6-15-5-2-3-8-17(15)16/h2-8,10,12H,9,11,13-14H2,1H3. The van der Waals surface area contributed by atoms with Crippen LogP contribution in [0, 0.1) is 0 Å². The number of fused-ring (bicyclic) bond motifs is 1. The lowest BCUT2D eigenvalue weighted by Crippen LogP contribution is -2.25. The summed E-state index contributed by atoms with van der Waals surface area (Å²) in [6.07, 6.45) is -0.615. The zero-order chi connectivity index (χ0) is 17.9. The van der Waals surface area contributed by atoms with Gasteiger partial charge in [0.25, 0.3) is 0 Å². The summed E-state index contributed by atoms with van der Waals surface area (Å²) in [7, 11) is 1.90. The van der Waals surface area contributed by atoms with E-state index in [0.29, 0.717) is 12.4 Å². The van der Waals surface area contributed by atoms with Gasteiger partial charge in [-0.3, -0.25) is 4.90 Å². The summed E-state index contributed by atoms with van der Waals surface area (Å²) < 4.78 is 38.9. The Morgan fingerprint density at radius 1 is 1.08 bits per heavy atom. The largest absolute Gasteiger partial charge is 0.406 e. The Bertz CT molecular complexity index is 834. The molecule has 0 saturated carbocycles. The van der Waals surface area contributed by atoms with E-state index < -0.39 is 12.7 Å². The number of hydrogen-bond donors (Lipinski definition) is 0. The number of benzene rings is 2. The third-order valence-electron chi connectivity index (χ3n) is 4.21. The average molecular weight is 347 g/mol. The monoisotopic (exact) mass is 347 g/mol. The minimum atomic E-state index is -4.24. The minimum absolute atomic E-state index is 0.383. The van der Waals surface area contributed by atoms with Crippen LogP contribution in [0.4, 0.5) is 13.2 Å². The van der Waals surface area contributed by atoms with Crippen molar-refractivity contribution >= 4 is 10.8 Å². The van der Waals surface area contributed by atoms with Gasteiger partial charge in [-0.1, -0.05) is 42.5 Å². The van der Waals surface area contributed by atoms with Crippen LogP contribution in [0.25, 0.3) is 10.8 Å². The number of aromatic nitrogens is 2. The van der Waals surface area contributed by atoms with Crippen LogP contribution in [0.5, 0.6) is 0 Å². The van der Waals surface area contributed by atoms with E-state index in [4.69, 9.17) is 0 Å². The molecule has 1 heterocycles. The fourth-order valence-electron chi connectivity index (χ4n) is 2.97. The Morgan fingerprint density at radius 2 is 1.84 bits per heavy atom. The molecule has 6 heteroatoms. The number of hydrogen-bond acceptors (Lipinski definition) is 2. The smallest absolute Gasteiger partial charge is 0.325 e. The van der Waals surface area contributed by atoms with Crippen LogP contribution in [0.15, 0.2) is 54.9 Å². The highest BCUT2D eigenvalue weighted by atomic mass is 19.4. The van der Waals surface area contributed by atoms with Crippen LogP contribution in [-0.2, 0) is 19.5 Å². The lowest BCUT2D eigenvalue weighted by molar-refractivity contribution is -0.141. The van der Waals surface area contributed by atoms with Crippen molar-refractivity contribution < 1.29 is 13.2 Å². The lowest BCUT2D eigenvalue weighted by Gasteiger charge is -2.18. The molecule has 3 aromatic rings. The van der Waals surface area contributed by atoms with Crippen molar-refractivity contribution in [3.8, 4) is 0 Å². The minimum Gasteiger partial charge on any atom is -0.325 e. The molecule has 0 bridgehead atoms. The first-order valence-electron chi connectivity index (χ1n) is 8.14. The number of halogens is 3. The third kappa shape index (κ3) is 4.60. The molecule has 0 unspecified atom stereocenters. The van der Waals surface area contributed by atoms with Crippen LogP contribution in [0.2, 0.25) is 0 Å². The molecule has 0 aliphatic carbocycles. The molecule has 0 aliphatic heterocycles. The summed E-state index contributed by atoms with van der Waals surface area (Å²) in [6.45, 7) is 0.125. The maximum Gasteiger partial charge on any atom is 0.406 e. The fraction of sp³-hybridized carbons (Fsp3) is 0.316. The van der Waals surface area contributed by atoms with E-state index >= 15 is 0 Å². The molecule has 0 amide bonds. The summed E-state index contributed by atoms with van der Waals surface area (Å²) in [5, 5.41) is 2.42. The van der Waals surface area contributed by atoms with Gasteiger partial charge in [0.05, 0.1) is 6.54 Å². The van der Waals surface area contributed by atoms with E-state index in [9.17, 15) is 13.2 Å². The molecule has 0 fully saturated rings. The summed E-state index contributed by atoms with van der Waals surface area (Å²) in [5.74, 6) is 0.428. The van der Waals surface area contributed by atoms with Crippen molar-refractivity contribution in [3.63, 3.8) is 0 Å². The van der Waals surface area contributed by atoms with Crippen molar-refractivity contribution in [2.24, 2.45) is 0 Å². The molecule has 2 aromatic carbocycles. The first kappa shape index (κ1) is 17.5. The number of alkyl halides is 3. The van der Waals surface area contributed by atoms with E-state index in [-0.39, 0.29) is 0 Å². The normalized spacial score (nSPS) is 12.2. The molecule has 132 valence electrons. The van der Waals surface area contributed by atoms with E-state index in [0.717, 1.165) is 17.5 Å². The maximum absolute atomic E-state index is 12.6. The van der Waals surface area contributed by atoms with Crippen molar-refractivity contribution in [1.29, 1.82) is 0 Å². The maximum atomic E-state index is 12.6. The SMILES string of the molecule is CN(CCc1cccc2ccccc12)Cc1nccn1CC(F)(F)F. The van der Waals surface area contributed by atoms with Crippen molar-refractivity contribution in [2.75, 3.05) is 13.6 Å². The van der Waals surface area contributed by atoms with Gasteiger partial charge in [0.2, 0.25) is 0 Å². The third-order valence-corrected chi connectivity index (χ3v) is 4.21. The van der Waals surface area contributed by atoms with Crippen LogP contribution >= 0.6 is 0 Å². The summed E-state index contributed by atoms with van der Waals surface area (Å²) in [4.78, 5) is 6.06. The molecule has 0 spiro atoms. The Hall–Kier alpha value is -2.34. The van der Waals surface area contributed by atoms with Gasteiger partial charge in [0.15, 0.2) is 0 Å². The number of nitrogens with zero attached hydrogens (tertiary/aromatic N) is 3. The predicted molar refractivity (Wildman–Crippen MR) is 92.3 cm³/mol. The van der Waals surface area contributed by atoms with Gasteiger partial charge in [0.1, 0.15) is 12.4 Å². The molecule has 0 aliphatic rings. The number of rotatable bonds is 6. The second-order valence-electron chi connectivity index (χ2n) is 6.21. The Balaban J connectivity index is 1.64. The van der Waals surface area contributed by atoms with Gasteiger partial charge in [-0.15, -0.1) is 0 Å². The highest BCUT2D eigenvalue weighted by Crippen LogP contribution is 2.20. The quantitative estimate of drug-likeness (QED) is 0.664. The van der Waals surface area contributed by atoms with E-state index in [2.05, 4.69) is 29.2 Å². The van der Waals surface area contributed by atoms with Gasteiger partial charge in [0, 0.05) is 18.9 Å². The Morgan fingerprint density at radius 3 is 2.64 bits per heavy atom. The molecular weight excluding hydrogens is 327 g/mol. The van der Waals surface area contributed by atoms with Gasteiger partial charge >= 0.3 is 6.18 Å². The molecule has 3 nitrogen and oxygen atoms in total. The molecule has 0 saturated heterocycles. The van der Waals surface area contributed by atoms with Crippen LogP contribution in [0.3, 0.4) is 0 Å². The van der Waals surface area contributed by atoms with Crippen LogP contribution in [0.1, 0.15) is 11.4 Å². The topological polar surface area (TPSA) is 21.1 Å². The highest BCUT2D eigenvalue weighted by molar-refractivity contribution is 5.85. The van der Waals surface area contributed by atoms with E-state index in [1.807, 2.05) is 30.1 Å². The molecule has 1 aromatic heterocycles. The second-order valence-corrected chi connectivity index (χ2v) is 6.21. The van der Waals surface area contributed by atoms with Crippen molar-refractivity contribution in [1.82, 2.24) is 14.5 Å². The Kier molecular flexibility index (Phi) is 5.08. The van der Waals surface area contributed by atoms with Crippen LogP contribution < -0.4 is 0 Å². The van der Waals surface area contributed by atoms with E-state index in [1.165, 1.54) is 28.7 Å². The summed E-state index contributed by atoms with van der Waals surface area (Å²) >= 11 is 0. The average Bonchev–Trinajstić information content (AvgIpc) is 2.97. The summed E-state index contributed by atoms with van der Waals surface area (Å²) in [6, 6.07) is 14.4. The van der Waals surface area contributed by atoms with Gasteiger partial charge in [-0.05, 0) is 29.8 Å². The van der Waals surface area contributed by atoms with Gasteiger partial charge < -0.3 is 4.57 Å². The van der Waals surface area contributed by atoms with Crippen molar-refractivity contribution in [3.05, 3.63) is 66.2 Å². The lowest BCUT2D eigenvalue weighted by atomic mass is 10.0. The number of likely N-dealkylation sites (N-methyl/N-ethyl adjacent to an activating group) is 1. The van der Waals surface area contributed by atoms with Crippen molar-refractivity contribution in [2.45, 2.75) is 25.7 Å². The molecule has 0 N–H and O–H groups in total. The van der Waals surface area contributed by atoms with Crippen LogP contribution in [-0.4, -0.2) is 34.2 Å². The molecule has 0 radical (unpaired) electrons. The van der Waals surface area contributed by atoms with E-state index in [1.54, 1.807) is 0 Å². The number of imidazole rings is 1. The molecular formula is C19H20F3N3. The predicted octanol–water partition coefficient (Wildman–Crippen LogP) is 4.27. The summed E-state index contributed by atoms with van der Waals surface area (Å²) in [5.41, 5.74) is 1.24. The Labute approximate surface area is 144 Å². The fourth-order valence-corrected chi connectivity index (χ4v) is 2.97. The second kappa shape index (κ2) is 7.27. The zero-order valence-corrected chi connectivity index (χ0v) is 14.0. The highest BCUT2D eigenvalue weighted by Gasteiger charge is 2.28. The van der Waals surface area contributed by atoms with Gasteiger partial charge in [-0.2, -0.15) is 13.2 Å².